The number of aliphatic imine (C=N–C) groups is 1. The van der Waals surface area contributed by atoms with Gasteiger partial charge in [-0.15, -0.1) is 0 Å². The summed E-state index contributed by atoms with van der Waals surface area (Å²) in [6.07, 6.45) is 4.60. The smallest absolute Gasteiger partial charge is 0.263 e. The Balaban J connectivity index is 1.39. The largest absolute Gasteiger partial charge is 0.353 e. The van der Waals surface area contributed by atoms with Gasteiger partial charge in [-0.05, 0) is 44.7 Å². The molecule has 4 rings (SSSR count). The molecule has 0 aliphatic carbocycles. The number of carbonyl (C=O) groups is 1. The van der Waals surface area contributed by atoms with E-state index < -0.39 is 10.0 Å². The van der Waals surface area contributed by atoms with Gasteiger partial charge in [-0.3, -0.25) is 14.5 Å². The van der Waals surface area contributed by atoms with Crippen molar-refractivity contribution in [2.45, 2.75) is 68.1 Å². The number of fused-ring (bicyclic) bond motifs is 3. The molecule has 8 heteroatoms. The minimum absolute atomic E-state index is 0.0257. The van der Waals surface area contributed by atoms with Crippen LogP contribution < -0.4 is 15.4 Å². The molecule has 0 radical (unpaired) electrons. The lowest BCUT2D eigenvalue weighted by Gasteiger charge is -2.29. The van der Waals surface area contributed by atoms with E-state index in [0.717, 1.165) is 12.8 Å². The summed E-state index contributed by atoms with van der Waals surface area (Å²) in [5.41, 5.74) is 0.565. The van der Waals surface area contributed by atoms with Crippen LogP contribution in [0.15, 0.2) is 34.2 Å². The lowest BCUT2D eigenvalue weighted by atomic mass is 9.99. The van der Waals surface area contributed by atoms with Gasteiger partial charge >= 0.3 is 0 Å². The van der Waals surface area contributed by atoms with Gasteiger partial charge in [0.25, 0.3) is 10.0 Å². The highest BCUT2D eigenvalue weighted by molar-refractivity contribution is 7.90. The second kappa shape index (κ2) is 6.66. The first-order valence-electron chi connectivity index (χ1n) is 9.16. The van der Waals surface area contributed by atoms with Gasteiger partial charge in [-0.1, -0.05) is 12.1 Å². The van der Waals surface area contributed by atoms with Crippen LogP contribution in [0.4, 0.5) is 0 Å². The number of hydrogen-bond donors (Lipinski definition) is 3. The van der Waals surface area contributed by atoms with E-state index in [9.17, 15) is 13.2 Å². The molecule has 7 nitrogen and oxygen atoms in total. The van der Waals surface area contributed by atoms with Gasteiger partial charge in [-0.25, -0.2) is 8.42 Å². The van der Waals surface area contributed by atoms with Crippen LogP contribution >= 0.6 is 0 Å². The Bertz CT molecular complexity index is 840. The van der Waals surface area contributed by atoms with E-state index in [1.807, 2.05) is 6.92 Å². The van der Waals surface area contributed by atoms with Crippen molar-refractivity contribution in [3.8, 4) is 0 Å². The van der Waals surface area contributed by atoms with Crippen molar-refractivity contribution in [2.24, 2.45) is 4.99 Å². The Morgan fingerprint density at radius 2 is 1.96 bits per heavy atom. The summed E-state index contributed by atoms with van der Waals surface area (Å²) in [5, 5.41) is 6.69. The fourth-order valence-corrected chi connectivity index (χ4v) is 5.46. The Labute approximate surface area is 153 Å². The van der Waals surface area contributed by atoms with Gasteiger partial charge < -0.3 is 10.6 Å². The van der Waals surface area contributed by atoms with Gasteiger partial charge in [0.15, 0.2) is 0 Å². The molecule has 2 fully saturated rings. The molecule has 26 heavy (non-hydrogen) atoms. The van der Waals surface area contributed by atoms with Crippen LogP contribution in [0, 0.1) is 0 Å². The fraction of sp³-hybridized carbons (Fsp3) is 0.556. The molecule has 1 aromatic rings. The minimum atomic E-state index is -3.55. The number of nitrogens with zero attached hydrogens (tertiary/aromatic N) is 1. The molecule has 3 unspecified atom stereocenters. The van der Waals surface area contributed by atoms with Crippen molar-refractivity contribution in [3.63, 3.8) is 0 Å². The van der Waals surface area contributed by atoms with E-state index in [0.29, 0.717) is 23.5 Å². The van der Waals surface area contributed by atoms with Crippen molar-refractivity contribution in [2.75, 3.05) is 0 Å². The quantitative estimate of drug-likeness (QED) is 0.727. The first-order valence-corrected chi connectivity index (χ1v) is 10.6. The second-order valence-corrected chi connectivity index (χ2v) is 9.16. The number of rotatable bonds is 4. The monoisotopic (exact) mass is 376 g/mol. The molecule has 1 aromatic carbocycles. The number of hydrogen-bond acceptors (Lipinski definition) is 5. The minimum Gasteiger partial charge on any atom is -0.353 e. The van der Waals surface area contributed by atoms with Gasteiger partial charge in [0.05, 0.1) is 10.9 Å². The summed E-state index contributed by atoms with van der Waals surface area (Å²) in [5.74, 6) is 0.295. The van der Waals surface area contributed by atoms with Crippen LogP contribution in [-0.4, -0.2) is 44.3 Å². The molecule has 3 aliphatic heterocycles. The summed E-state index contributed by atoms with van der Waals surface area (Å²) < 4.78 is 26.7. The Morgan fingerprint density at radius 3 is 2.69 bits per heavy atom. The van der Waals surface area contributed by atoms with Crippen LogP contribution in [0.25, 0.3) is 0 Å². The highest BCUT2D eigenvalue weighted by atomic mass is 32.2. The molecule has 2 saturated heterocycles. The summed E-state index contributed by atoms with van der Waals surface area (Å²) in [6, 6.07) is 7.72. The number of carbonyl (C=O) groups excluding carboxylic acids is 1. The second-order valence-electron chi connectivity index (χ2n) is 7.51. The van der Waals surface area contributed by atoms with E-state index in [2.05, 4.69) is 20.3 Å². The maximum atomic E-state index is 12.4. The molecule has 0 saturated carbocycles. The third kappa shape index (κ3) is 3.48. The van der Waals surface area contributed by atoms with Crippen LogP contribution in [0.1, 0.15) is 44.6 Å². The topological polar surface area (TPSA) is 99.7 Å². The molecule has 3 heterocycles. The average Bonchev–Trinajstić information content (AvgIpc) is 3.04. The van der Waals surface area contributed by atoms with Crippen molar-refractivity contribution in [1.82, 2.24) is 15.4 Å². The first-order chi connectivity index (χ1) is 12.4. The van der Waals surface area contributed by atoms with E-state index in [-0.39, 0.29) is 29.3 Å². The summed E-state index contributed by atoms with van der Waals surface area (Å²) in [4.78, 5) is 17.0. The first kappa shape index (κ1) is 17.5. The van der Waals surface area contributed by atoms with Crippen LogP contribution in [-0.2, 0) is 14.8 Å². The zero-order chi connectivity index (χ0) is 18.3. The van der Waals surface area contributed by atoms with Gasteiger partial charge in [0, 0.05) is 30.1 Å². The van der Waals surface area contributed by atoms with Gasteiger partial charge in [0.1, 0.15) is 5.84 Å². The lowest BCUT2D eigenvalue weighted by molar-refractivity contribution is -0.122. The van der Waals surface area contributed by atoms with Crippen LogP contribution in [0.3, 0.4) is 0 Å². The zero-order valence-corrected chi connectivity index (χ0v) is 15.6. The molecule has 1 amide bonds. The van der Waals surface area contributed by atoms with E-state index in [1.54, 1.807) is 24.3 Å². The molecule has 140 valence electrons. The normalized spacial score (nSPS) is 31.3. The number of nitrogens with one attached hydrogen (secondary N) is 3. The number of piperidine rings is 1. The summed E-state index contributed by atoms with van der Waals surface area (Å²) >= 11 is 0. The predicted octanol–water partition coefficient (Wildman–Crippen LogP) is 0.903. The standard InChI is InChI=1S/C18H24N4O3S/c1-11(8-17(23)21-14-9-12-6-7-13(10-14)20-12)19-18-15-4-2-3-5-16(15)26(24,25)22-18/h2-5,11-14,20H,6-10H2,1H3,(H,19,22)(H,21,23). The maximum absolute atomic E-state index is 12.4. The highest BCUT2D eigenvalue weighted by Gasteiger charge is 2.34. The third-order valence-electron chi connectivity index (χ3n) is 5.33. The molecular weight excluding hydrogens is 352 g/mol. The molecule has 3 N–H and O–H groups in total. The predicted molar refractivity (Wildman–Crippen MR) is 98.5 cm³/mol. The summed E-state index contributed by atoms with van der Waals surface area (Å²) in [7, 11) is -3.55. The van der Waals surface area contributed by atoms with E-state index in [1.165, 1.54) is 12.8 Å². The molecular formula is C18H24N4O3S. The SMILES string of the molecule is CC(CC(=O)NC1CC2CCC(C1)N2)N=C1NS(=O)(=O)c2ccccc21. The number of sulfonamides is 1. The van der Waals surface area contributed by atoms with Crippen LogP contribution in [0.5, 0.6) is 0 Å². The number of amides is 1. The van der Waals surface area contributed by atoms with E-state index in [4.69, 9.17) is 0 Å². The highest BCUT2D eigenvalue weighted by Crippen LogP contribution is 2.27. The van der Waals surface area contributed by atoms with Crippen LogP contribution in [0.2, 0.25) is 0 Å². The Hall–Kier alpha value is -1.93. The maximum Gasteiger partial charge on any atom is 0.263 e. The molecule has 3 atom stereocenters. The third-order valence-corrected chi connectivity index (χ3v) is 6.73. The van der Waals surface area contributed by atoms with Crippen molar-refractivity contribution in [1.29, 1.82) is 0 Å². The Morgan fingerprint density at radius 1 is 1.27 bits per heavy atom. The summed E-state index contributed by atoms with van der Waals surface area (Å²) in [6.45, 7) is 1.83. The van der Waals surface area contributed by atoms with Crippen molar-refractivity contribution < 1.29 is 13.2 Å². The van der Waals surface area contributed by atoms with Crippen molar-refractivity contribution in [3.05, 3.63) is 29.8 Å². The fourth-order valence-electron chi connectivity index (χ4n) is 4.23. The number of benzene rings is 1. The number of amidine groups is 1. The zero-order valence-electron chi connectivity index (χ0n) is 14.7. The molecule has 2 bridgehead atoms. The van der Waals surface area contributed by atoms with Crippen molar-refractivity contribution >= 4 is 21.8 Å². The lowest BCUT2D eigenvalue weighted by Crippen LogP contribution is -2.48. The molecule has 3 aliphatic rings. The van der Waals surface area contributed by atoms with E-state index >= 15 is 0 Å². The Kier molecular flexibility index (Phi) is 4.48. The van der Waals surface area contributed by atoms with Gasteiger partial charge in [-0.2, -0.15) is 0 Å². The average molecular weight is 376 g/mol. The molecule has 0 spiro atoms. The van der Waals surface area contributed by atoms with Gasteiger partial charge in [0.2, 0.25) is 5.91 Å². The molecule has 0 aromatic heterocycles.